The first-order chi connectivity index (χ1) is 6.61. The topological polar surface area (TPSA) is 35.5 Å². The second-order valence-electron chi connectivity index (χ2n) is 3.06. The average Bonchev–Trinajstić information content (AvgIpc) is 2.14. The summed E-state index contributed by atoms with van der Waals surface area (Å²) >= 11 is 1.32. The molecule has 1 atom stereocenters. The van der Waals surface area contributed by atoms with Crippen molar-refractivity contribution in [1.29, 1.82) is 0 Å². The lowest BCUT2D eigenvalue weighted by molar-refractivity contribution is -0.158. The standard InChI is InChI=1S/C10H20O3S/c1-5-12-10(13-6-2)8(3)7-14-9(4)11/h8,10H,5-7H2,1-4H3. The molecule has 14 heavy (non-hydrogen) atoms. The molecular formula is C10H20O3S. The fourth-order valence-electron chi connectivity index (χ4n) is 1.03. The van der Waals surface area contributed by atoms with Crippen molar-refractivity contribution in [3.05, 3.63) is 0 Å². The minimum atomic E-state index is -0.183. The van der Waals surface area contributed by atoms with Crippen molar-refractivity contribution in [2.24, 2.45) is 5.92 Å². The summed E-state index contributed by atoms with van der Waals surface area (Å²) < 4.78 is 10.9. The molecule has 4 heteroatoms. The third-order valence-corrected chi connectivity index (χ3v) is 2.77. The number of ether oxygens (including phenoxy) is 2. The van der Waals surface area contributed by atoms with Gasteiger partial charge in [-0.1, -0.05) is 18.7 Å². The Labute approximate surface area is 90.5 Å². The van der Waals surface area contributed by atoms with Crippen molar-refractivity contribution in [3.63, 3.8) is 0 Å². The zero-order valence-corrected chi connectivity index (χ0v) is 10.2. The first-order valence-electron chi connectivity index (χ1n) is 4.98. The Morgan fingerprint density at radius 2 is 1.79 bits per heavy atom. The number of hydrogen-bond donors (Lipinski definition) is 0. The van der Waals surface area contributed by atoms with Gasteiger partial charge in [-0.2, -0.15) is 0 Å². The van der Waals surface area contributed by atoms with Gasteiger partial charge < -0.3 is 9.47 Å². The Morgan fingerprint density at radius 3 is 2.14 bits per heavy atom. The predicted octanol–water partition coefficient (Wildman–Crippen LogP) is 2.30. The van der Waals surface area contributed by atoms with E-state index >= 15 is 0 Å². The Hall–Kier alpha value is -0.0600. The lowest BCUT2D eigenvalue weighted by atomic mass is 10.2. The molecule has 3 nitrogen and oxygen atoms in total. The molecule has 0 N–H and O–H groups in total. The molecule has 0 aliphatic rings. The molecular weight excluding hydrogens is 200 g/mol. The molecule has 0 aliphatic heterocycles. The predicted molar refractivity (Wildman–Crippen MR) is 59.3 cm³/mol. The zero-order chi connectivity index (χ0) is 11.0. The van der Waals surface area contributed by atoms with Crippen LogP contribution in [0.4, 0.5) is 0 Å². The lowest BCUT2D eigenvalue weighted by Crippen LogP contribution is -2.27. The van der Waals surface area contributed by atoms with E-state index in [1.54, 1.807) is 6.92 Å². The maximum atomic E-state index is 10.8. The van der Waals surface area contributed by atoms with Crippen molar-refractivity contribution in [2.75, 3.05) is 19.0 Å². The van der Waals surface area contributed by atoms with Crippen molar-refractivity contribution in [2.45, 2.75) is 34.0 Å². The third-order valence-electron chi connectivity index (χ3n) is 1.68. The molecule has 0 spiro atoms. The van der Waals surface area contributed by atoms with E-state index in [9.17, 15) is 4.79 Å². The number of hydrogen-bond acceptors (Lipinski definition) is 4. The van der Waals surface area contributed by atoms with Crippen LogP contribution in [0, 0.1) is 5.92 Å². The van der Waals surface area contributed by atoms with Gasteiger partial charge in [0.1, 0.15) is 0 Å². The second kappa shape index (κ2) is 8.26. The summed E-state index contributed by atoms with van der Waals surface area (Å²) in [7, 11) is 0. The van der Waals surface area contributed by atoms with Crippen LogP contribution >= 0.6 is 11.8 Å². The van der Waals surface area contributed by atoms with Gasteiger partial charge in [0.05, 0.1) is 0 Å². The van der Waals surface area contributed by atoms with Crippen LogP contribution in [0.15, 0.2) is 0 Å². The van der Waals surface area contributed by atoms with Crippen molar-refractivity contribution < 1.29 is 14.3 Å². The van der Waals surface area contributed by atoms with Crippen LogP contribution in [0.25, 0.3) is 0 Å². The first-order valence-corrected chi connectivity index (χ1v) is 5.96. The maximum absolute atomic E-state index is 10.8. The van der Waals surface area contributed by atoms with E-state index in [-0.39, 0.29) is 17.3 Å². The minimum Gasteiger partial charge on any atom is -0.353 e. The van der Waals surface area contributed by atoms with Gasteiger partial charge in [-0.25, -0.2) is 0 Å². The van der Waals surface area contributed by atoms with Gasteiger partial charge in [-0.05, 0) is 13.8 Å². The molecule has 0 rings (SSSR count). The summed E-state index contributed by atoms with van der Waals surface area (Å²) in [6.07, 6.45) is -0.183. The molecule has 84 valence electrons. The van der Waals surface area contributed by atoms with Gasteiger partial charge in [0, 0.05) is 31.8 Å². The van der Waals surface area contributed by atoms with Crippen LogP contribution in [0.2, 0.25) is 0 Å². The summed E-state index contributed by atoms with van der Waals surface area (Å²) in [5.41, 5.74) is 0. The van der Waals surface area contributed by atoms with Crippen LogP contribution in [0.1, 0.15) is 27.7 Å². The average molecular weight is 220 g/mol. The Morgan fingerprint density at radius 1 is 1.29 bits per heavy atom. The molecule has 0 aromatic rings. The Kier molecular flexibility index (Phi) is 8.23. The van der Waals surface area contributed by atoms with E-state index in [0.717, 1.165) is 5.75 Å². The van der Waals surface area contributed by atoms with Crippen molar-refractivity contribution in [1.82, 2.24) is 0 Å². The van der Waals surface area contributed by atoms with Crippen molar-refractivity contribution in [3.8, 4) is 0 Å². The number of thioether (sulfide) groups is 1. The van der Waals surface area contributed by atoms with Crippen molar-refractivity contribution >= 4 is 16.9 Å². The molecule has 0 aliphatic carbocycles. The number of rotatable bonds is 7. The summed E-state index contributed by atoms with van der Waals surface area (Å²) in [5, 5.41) is 0.142. The Balaban J connectivity index is 3.86. The van der Waals surface area contributed by atoms with E-state index < -0.39 is 0 Å². The number of carbonyl (C=O) groups is 1. The summed E-state index contributed by atoms with van der Waals surface area (Å²) in [5.74, 6) is 0.990. The largest absolute Gasteiger partial charge is 0.353 e. The van der Waals surface area contributed by atoms with E-state index in [1.165, 1.54) is 11.8 Å². The second-order valence-corrected chi connectivity index (χ2v) is 4.26. The van der Waals surface area contributed by atoms with Gasteiger partial charge in [0.15, 0.2) is 11.4 Å². The number of carbonyl (C=O) groups excluding carboxylic acids is 1. The third kappa shape index (κ3) is 6.40. The maximum Gasteiger partial charge on any atom is 0.185 e. The van der Waals surface area contributed by atoms with E-state index in [2.05, 4.69) is 0 Å². The van der Waals surface area contributed by atoms with Gasteiger partial charge in [-0.15, -0.1) is 0 Å². The highest BCUT2D eigenvalue weighted by Crippen LogP contribution is 2.16. The smallest absolute Gasteiger partial charge is 0.185 e. The van der Waals surface area contributed by atoms with E-state index in [4.69, 9.17) is 9.47 Å². The molecule has 0 aromatic carbocycles. The van der Waals surface area contributed by atoms with Gasteiger partial charge in [0.2, 0.25) is 0 Å². The van der Waals surface area contributed by atoms with Crippen LogP contribution in [0.3, 0.4) is 0 Å². The fourth-order valence-corrected chi connectivity index (χ4v) is 1.69. The summed E-state index contributed by atoms with van der Waals surface area (Å²) in [4.78, 5) is 10.8. The first kappa shape index (κ1) is 13.9. The lowest BCUT2D eigenvalue weighted by Gasteiger charge is -2.22. The zero-order valence-electron chi connectivity index (χ0n) is 9.41. The van der Waals surface area contributed by atoms with Gasteiger partial charge >= 0.3 is 0 Å². The monoisotopic (exact) mass is 220 g/mol. The highest BCUT2D eigenvalue weighted by Gasteiger charge is 2.18. The SMILES string of the molecule is CCOC(OCC)C(C)CSC(C)=O. The molecule has 0 bridgehead atoms. The molecule has 0 radical (unpaired) electrons. The molecule has 0 amide bonds. The highest BCUT2D eigenvalue weighted by atomic mass is 32.2. The van der Waals surface area contributed by atoms with Crippen LogP contribution in [0.5, 0.6) is 0 Å². The van der Waals surface area contributed by atoms with Crippen LogP contribution in [-0.4, -0.2) is 30.4 Å². The minimum absolute atomic E-state index is 0.142. The quantitative estimate of drug-likeness (QED) is 0.617. The molecule has 1 unspecified atom stereocenters. The van der Waals surface area contributed by atoms with E-state index in [0.29, 0.717) is 13.2 Å². The summed E-state index contributed by atoms with van der Waals surface area (Å²) in [6, 6.07) is 0. The highest BCUT2D eigenvalue weighted by molar-refractivity contribution is 8.13. The summed E-state index contributed by atoms with van der Waals surface area (Å²) in [6.45, 7) is 8.77. The van der Waals surface area contributed by atoms with Crippen LogP contribution in [-0.2, 0) is 14.3 Å². The molecule has 0 fully saturated rings. The molecule has 0 saturated carbocycles. The normalized spacial score (nSPS) is 13.2. The molecule has 0 saturated heterocycles. The molecule has 0 heterocycles. The molecule has 0 aromatic heterocycles. The van der Waals surface area contributed by atoms with Gasteiger partial charge in [0.25, 0.3) is 0 Å². The van der Waals surface area contributed by atoms with E-state index in [1.807, 2.05) is 20.8 Å². The fraction of sp³-hybridized carbons (Fsp3) is 0.900. The Bertz CT molecular complexity index is 155. The van der Waals surface area contributed by atoms with Crippen LogP contribution < -0.4 is 0 Å². The van der Waals surface area contributed by atoms with Gasteiger partial charge in [-0.3, -0.25) is 4.79 Å².